The number of halogens is 1. The maximum atomic E-state index is 10.8. The summed E-state index contributed by atoms with van der Waals surface area (Å²) in [5, 5.41) is 13.9. The van der Waals surface area contributed by atoms with Crippen LogP contribution in [0.3, 0.4) is 0 Å². The average molecular weight is 245 g/mol. The lowest BCUT2D eigenvalue weighted by Crippen LogP contribution is -2.26. The van der Waals surface area contributed by atoms with Crippen LogP contribution in [-0.2, 0) is 0 Å². The van der Waals surface area contributed by atoms with Crippen molar-refractivity contribution in [1.29, 1.82) is 0 Å². The van der Waals surface area contributed by atoms with Crippen LogP contribution in [0.25, 0.3) is 0 Å². The average Bonchev–Trinajstić information content (AvgIpc) is 2.21. The van der Waals surface area contributed by atoms with Crippen molar-refractivity contribution < 1.29 is 9.66 Å². The van der Waals surface area contributed by atoms with E-state index in [0.29, 0.717) is 6.54 Å². The molecule has 0 spiro atoms. The fourth-order valence-corrected chi connectivity index (χ4v) is 1.50. The zero-order chi connectivity index (χ0) is 12.1. The lowest BCUT2D eigenvalue weighted by molar-refractivity contribution is -0.386. The molecule has 0 radical (unpaired) electrons. The number of para-hydroxylation sites is 1. The van der Waals surface area contributed by atoms with Crippen LogP contribution in [0.15, 0.2) is 18.2 Å². The largest absolute Gasteiger partial charge is 0.481 e. The summed E-state index contributed by atoms with van der Waals surface area (Å²) in [6.07, 6.45) is -0.191. The Morgan fingerprint density at radius 3 is 2.88 bits per heavy atom. The van der Waals surface area contributed by atoms with Gasteiger partial charge in [-0.05, 0) is 20.0 Å². The summed E-state index contributed by atoms with van der Waals surface area (Å²) in [6, 6.07) is 4.46. The third kappa shape index (κ3) is 3.08. The number of hydrogen-bond donors (Lipinski definition) is 1. The molecule has 0 aliphatic rings. The number of nitro groups is 1. The zero-order valence-electron chi connectivity index (χ0n) is 9.07. The van der Waals surface area contributed by atoms with E-state index in [4.69, 9.17) is 16.3 Å². The van der Waals surface area contributed by atoms with E-state index in [0.717, 1.165) is 0 Å². The van der Waals surface area contributed by atoms with E-state index in [9.17, 15) is 10.1 Å². The van der Waals surface area contributed by atoms with E-state index in [1.165, 1.54) is 12.1 Å². The molecule has 6 heteroatoms. The van der Waals surface area contributed by atoms with Gasteiger partial charge in [-0.2, -0.15) is 0 Å². The van der Waals surface area contributed by atoms with Gasteiger partial charge in [0.15, 0.2) is 0 Å². The van der Waals surface area contributed by atoms with Gasteiger partial charge in [0.05, 0.1) is 9.95 Å². The maximum absolute atomic E-state index is 10.8. The normalized spacial score (nSPS) is 12.2. The van der Waals surface area contributed by atoms with Crippen LogP contribution in [0.5, 0.6) is 5.75 Å². The van der Waals surface area contributed by atoms with E-state index >= 15 is 0 Å². The molecule has 0 heterocycles. The highest BCUT2D eigenvalue weighted by molar-refractivity contribution is 6.32. The van der Waals surface area contributed by atoms with Crippen LogP contribution in [0, 0.1) is 10.1 Å². The van der Waals surface area contributed by atoms with Crippen molar-refractivity contribution in [1.82, 2.24) is 5.32 Å². The van der Waals surface area contributed by atoms with Crippen molar-refractivity contribution in [2.24, 2.45) is 0 Å². The van der Waals surface area contributed by atoms with Crippen molar-refractivity contribution in [3.63, 3.8) is 0 Å². The lowest BCUT2D eigenvalue weighted by Gasteiger charge is -2.14. The Balaban J connectivity index is 2.97. The number of nitro benzene ring substituents is 1. The first kappa shape index (κ1) is 12.7. The molecular formula is C10H13ClN2O3. The van der Waals surface area contributed by atoms with Crippen molar-refractivity contribution in [2.75, 3.05) is 13.6 Å². The Hall–Kier alpha value is -1.33. The molecule has 1 aromatic carbocycles. The fraction of sp³-hybridized carbons (Fsp3) is 0.400. The summed E-state index contributed by atoms with van der Waals surface area (Å²) in [5.41, 5.74) is -0.115. The molecule has 0 aliphatic carbocycles. The molecule has 1 rings (SSSR count). The van der Waals surface area contributed by atoms with Gasteiger partial charge in [0.2, 0.25) is 5.75 Å². The third-order valence-electron chi connectivity index (χ3n) is 1.95. The molecule has 5 nitrogen and oxygen atoms in total. The van der Waals surface area contributed by atoms with Crippen LogP contribution in [0.2, 0.25) is 5.02 Å². The van der Waals surface area contributed by atoms with E-state index < -0.39 is 4.92 Å². The van der Waals surface area contributed by atoms with E-state index in [-0.39, 0.29) is 22.6 Å². The van der Waals surface area contributed by atoms with Gasteiger partial charge < -0.3 is 10.1 Å². The van der Waals surface area contributed by atoms with Gasteiger partial charge in [-0.3, -0.25) is 10.1 Å². The fourth-order valence-electron chi connectivity index (χ4n) is 1.29. The van der Waals surface area contributed by atoms with Crippen molar-refractivity contribution in [3.05, 3.63) is 33.3 Å². The van der Waals surface area contributed by atoms with Crippen molar-refractivity contribution in [3.8, 4) is 5.75 Å². The molecule has 16 heavy (non-hydrogen) atoms. The maximum Gasteiger partial charge on any atom is 0.312 e. The van der Waals surface area contributed by atoms with Crippen LogP contribution in [0.1, 0.15) is 6.92 Å². The predicted octanol–water partition coefficient (Wildman–Crippen LogP) is 2.23. The molecule has 88 valence electrons. The van der Waals surface area contributed by atoms with Gasteiger partial charge in [-0.1, -0.05) is 17.7 Å². The standard InChI is InChI=1S/C10H13ClN2O3/c1-7(6-12-2)16-10-8(11)4-3-5-9(10)13(14)15/h3-5,7,12H,6H2,1-2H3. The first-order chi connectivity index (χ1) is 7.56. The highest BCUT2D eigenvalue weighted by Gasteiger charge is 2.19. The SMILES string of the molecule is CNCC(C)Oc1c(Cl)cccc1[N+](=O)[O-]. The van der Waals surface area contributed by atoms with Crippen LogP contribution < -0.4 is 10.1 Å². The Morgan fingerprint density at radius 2 is 2.31 bits per heavy atom. The lowest BCUT2D eigenvalue weighted by atomic mass is 10.3. The number of rotatable bonds is 5. The van der Waals surface area contributed by atoms with Gasteiger partial charge >= 0.3 is 5.69 Å². The molecule has 0 aromatic heterocycles. The molecule has 0 fully saturated rings. The van der Waals surface area contributed by atoms with Gasteiger partial charge in [0.25, 0.3) is 0 Å². The number of nitrogens with zero attached hydrogens (tertiary/aromatic N) is 1. The minimum absolute atomic E-state index is 0.115. The Bertz CT molecular complexity index is 384. The Kier molecular flexibility index (Phi) is 4.52. The summed E-state index contributed by atoms with van der Waals surface area (Å²) in [5.74, 6) is 0.122. The third-order valence-corrected chi connectivity index (χ3v) is 2.25. The summed E-state index contributed by atoms with van der Waals surface area (Å²) in [4.78, 5) is 10.3. The van der Waals surface area contributed by atoms with E-state index in [2.05, 4.69) is 5.32 Å². The number of likely N-dealkylation sites (N-methyl/N-ethyl adjacent to an activating group) is 1. The van der Waals surface area contributed by atoms with Crippen molar-refractivity contribution in [2.45, 2.75) is 13.0 Å². The molecule has 1 aromatic rings. The second kappa shape index (κ2) is 5.67. The van der Waals surface area contributed by atoms with Gasteiger partial charge in [-0.25, -0.2) is 0 Å². The topological polar surface area (TPSA) is 64.4 Å². The molecule has 1 N–H and O–H groups in total. The quantitative estimate of drug-likeness (QED) is 0.637. The highest BCUT2D eigenvalue weighted by Crippen LogP contribution is 2.34. The summed E-state index contributed by atoms with van der Waals surface area (Å²) < 4.78 is 5.44. The number of nitrogens with one attached hydrogen (secondary N) is 1. The molecule has 0 saturated carbocycles. The van der Waals surface area contributed by atoms with Crippen LogP contribution in [0.4, 0.5) is 5.69 Å². The number of ether oxygens (including phenoxy) is 1. The predicted molar refractivity (Wildman–Crippen MR) is 62.1 cm³/mol. The monoisotopic (exact) mass is 244 g/mol. The molecule has 1 unspecified atom stereocenters. The van der Waals surface area contributed by atoms with Gasteiger partial charge in [-0.15, -0.1) is 0 Å². The van der Waals surface area contributed by atoms with E-state index in [1.807, 2.05) is 6.92 Å². The second-order valence-corrected chi connectivity index (χ2v) is 3.74. The molecule has 0 saturated heterocycles. The molecular weight excluding hydrogens is 232 g/mol. The highest BCUT2D eigenvalue weighted by atomic mass is 35.5. The van der Waals surface area contributed by atoms with E-state index in [1.54, 1.807) is 13.1 Å². The number of hydrogen-bond acceptors (Lipinski definition) is 4. The number of benzene rings is 1. The second-order valence-electron chi connectivity index (χ2n) is 3.33. The van der Waals surface area contributed by atoms with Crippen molar-refractivity contribution >= 4 is 17.3 Å². The zero-order valence-corrected chi connectivity index (χ0v) is 9.82. The Labute approximate surface area is 98.5 Å². The first-order valence-electron chi connectivity index (χ1n) is 4.80. The summed E-state index contributed by atoms with van der Waals surface area (Å²) in [7, 11) is 1.78. The van der Waals surface area contributed by atoms with Crippen LogP contribution >= 0.6 is 11.6 Å². The minimum Gasteiger partial charge on any atom is -0.481 e. The summed E-state index contributed by atoms with van der Waals surface area (Å²) >= 11 is 5.87. The molecule has 0 amide bonds. The molecule has 1 atom stereocenters. The summed E-state index contributed by atoms with van der Waals surface area (Å²) in [6.45, 7) is 2.39. The molecule has 0 bridgehead atoms. The first-order valence-corrected chi connectivity index (χ1v) is 5.18. The van der Waals surface area contributed by atoms with Gasteiger partial charge in [0.1, 0.15) is 6.10 Å². The smallest absolute Gasteiger partial charge is 0.312 e. The van der Waals surface area contributed by atoms with Crippen LogP contribution in [-0.4, -0.2) is 24.6 Å². The van der Waals surface area contributed by atoms with Gasteiger partial charge in [0, 0.05) is 12.6 Å². The minimum atomic E-state index is -0.507. The molecule has 0 aliphatic heterocycles. The Morgan fingerprint density at radius 1 is 1.62 bits per heavy atom.